The first-order valence-electron chi connectivity index (χ1n) is 10.8. The SMILES string of the molecule is COc1ccc(C=CC(=O)NCc2cc(-c3ccncc3)n(C3CCCC3)n2)cc1OC. The Hall–Kier alpha value is -3.61. The minimum Gasteiger partial charge on any atom is -0.493 e. The van der Waals surface area contributed by atoms with Gasteiger partial charge in [-0.25, -0.2) is 0 Å². The van der Waals surface area contributed by atoms with Crippen molar-refractivity contribution in [2.24, 2.45) is 0 Å². The maximum Gasteiger partial charge on any atom is 0.244 e. The van der Waals surface area contributed by atoms with Crippen molar-refractivity contribution < 1.29 is 14.3 Å². The van der Waals surface area contributed by atoms with Gasteiger partial charge in [0.15, 0.2) is 11.5 Å². The summed E-state index contributed by atoms with van der Waals surface area (Å²) in [5, 5.41) is 7.76. The van der Waals surface area contributed by atoms with E-state index in [0.29, 0.717) is 24.1 Å². The maximum atomic E-state index is 12.4. The second-order valence-electron chi connectivity index (χ2n) is 7.81. The Kier molecular flexibility index (Phi) is 6.84. The summed E-state index contributed by atoms with van der Waals surface area (Å²) in [6.07, 6.45) is 11.6. The standard InChI is InChI=1S/C25H28N4O3/c1-31-23-9-7-18(15-24(23)32-2)8-10-25(30)27-17-20-16-22(19-11-13-26-14-12-19)29(28-20)21-5-3-4-6-21/h7-16,21H,3-6,17H2,1-2H3,(H,27,30). The minimum absolute atomic E-state index is 0.180. The zero-order valence-corrected chi connectivity index (χ0v) is 18.5. The van der Waals surface area contributed by atoms with E-state index in [-0.39, 0.29) is 5.91 Å². The van der Waals surface area contributed by atoms with E-state index in [1.165, 1.54) is 18.9 Å². The molecule has 1 amide bonds. The molecule has 0 bridgehead atoms. The van der Waals surface area contributed by atoms with Crippen molar-refractivity contribution >= 4 is 12.0 Å². The summed E-state index contributed by atoms with van der Waals surface area (Å²) in [4.78, 5) is 16.5. The number of carbonyl (C=O) groups is 1. The van der Waals surface area contributed by atoms with Gasteiger partial charge in [-0.3, -0.25) is 14.5 Å². The number of hydrogen-bond acceptors (Lipinski definition) is 5. The topological polar surface area (TPSA) is 78.3 Å². The van der Waals surface area contributed by atoms with Gasteiger partial charge in [0.2, 0.25) is 5.91 Å². The molecule has 32 heavy (non-hydrogen) atoms. The van der Waals surface area contributed by atoms with Crippen LogP contribution in [0.4, 0.5) is 0 Å². The van der Waals surface area contributed by atoms with Crippen molar-refractivity contribution in [1.82, 2.24) is 20.1 Å². The predicted octanol–water partition coefficient (Wildman–Crippen LogP) is 4.41. The molecular formula is C25H28N4O3. The van der Waals surface area contributed by atoms with E-state index in [0.717, 1.165) is 35.4 Å². The highest BCUT2D eigenvalue weighted by Gasteiger charge is 2.22. The second kappa shape index (κ2) is 10.1. The predicted molar refractivity (Wildman–Crippen MR) is 123 cm³/mol. The van der Waals surface area contributed by atoms with Crippen LogP contribution >= 0.6 is 0 Å². The average Bonchev–Trinajstić information content (AvgIpc) is 3.51. The molecule has 1 aliphatic carbocycles. The Bertz CT molecular complexity index is 1090. The van der Waals surface area contributed by atoms with Gasteiger partial charge in [-0.05, 0) is 54.8 Å². The molecule has 0 saturated heterocycles. The lowest BCUT2D eigenvalue weighted by Gasteiger charge is -2.14. The molecule has 0 unspecified atom stereocenters. The molecule has 0 spiro atoms. The number of aromatic nitrogens is 3. The zero-order chi connectivity index (χ0) is 22.3. The van der Waals surface area contributed by atoms with E-state index in [2.05, 4.69) is 21.0 Å². The molecule has 1 aliphatic rings. The van der Waals surface area contributed by atoms with Gasteiger partial charge >= 0.3 is 0 Å². The van der Waals surface area contributed by atoms with Gasteiger partial charge in [0.1, 0.15) is 0 Å². The number of methoxy groups -OCH3 is 2. The van der Waals surface area contributed by atoms with Gasteiger partial charge < -0.3 is 14.8 Å². The largest absolute Gasteiger partial charge is 0.493 e. The Morgan fingerprint density at radius 3 is 2.56 bits per heavy atom. The highest BCUT2D eigenvalue weighted by molar-refractivity contribution is 5.91. The van der Waals surface area contributed by atoms with E-state index in [1.807, 2.05) is 30.3 Å². The lowest BCUT2D eigenvalue weighted by atomic mass is 10.1. The maximum absolute atomic E-state index is 12.4. The third kappa shape index (κ3) is 4.99. The van der Waals surface area contributed by atoms with Crippen LogP contribution in [0.3, 0.4) is 0 Å². The van der Waals surface area contributed by atoms with E-state index < -0.39 is 0 Å². The molecule has 1 fully saturated rings. The van der Waals surface area contributed by atoms with Crippen molar-refractivity contribution in [2.75, 3.05) is 14.2 Å². The third-order valence-electron chi connectivity index (χ3n) is 5.71. The normalized spacial score (nSPS) is 14.1. The Balaban J connectivity index is 1.44. The first kappa shape index (κ1) is 21.6. The number of amides is 1. The van der Waals surface area contributed by atoms with Gasteiger partial charge in [0, 0.05) is 24.0 Å². The first-order chi connectivity index (χ1) is 15.7. The number of rotatable bonds is 8. The molecule has 0 radical (unpaired) electrons. The molecule has 4 rings (SSSR count). The van der Waals surface area contributed by atoms with Crippen molar-refractivity contribution in [3.63, 3.8) is 0 Å². The van der Waals surface area contributed by atoms with Crippen molar-refractivity contribution in [1.29, 1.82) is 0 Å². The molecule has 1 aromatic carbocycles. The molecule has 0 atom stereocenters. The number of benzene rings is 1. The van der Waals surface area contributed by atoms with Gasteiger partial charge in [-0.2, -0.15) is 5.10 Å². The summed E-state index contributed by atoms with van der Waals surface area (Å²) in [6, 6.07) is 12.0. The fourth-order valence-corrected chi connectivity index (χ4v) is 4.06. The van der Waals surface area contributed by atoms with Crippen molar-refractivity contribution in [3.8, 4) is 22.8 Å². The van der Waals surface area contributed by atoms with Crippen LogP contribution in [0.15, 0.2) is 54.9 Å². The molecule has 7 nitrogen and oxygen atoms in total. The smallest absolute Gasteiger partial charge is 0.244 e. The van der Waals surface area contributed by atoms with E-state index in [1.54, 1.807) is 32.7 Å². The van der Waals surface area contributed by atoms with Crippen molar-refractivity contribution in [2.45, 2.75) is 38.3 Å². The molecule has 1 N–H and O–H groups in total. The quantitative estimate of drug-likeness (QED) is 0.534. The van der Waals surface area contributed by atoms with Crippen LogP contribution in [0, 0.1) is 0 Å². The summed E-state index contributed by atoms with van der Waals surface area (Å²) >= 11 is 0. The molecule has 166 valence electrons. The Morgan fingerprint density at radius 1 is 1.09 bits per heavy atom. The second-order valence-corrected chi connectivity index (χ2v) is 7.81. The van der Waals surface area contributed by atoms with E-state index in [4.69, 9.17) is 14.6 Å². The summed E-state index contributed by atoms with van der Waals surface area (Å²) in [5.41, 5.74) is 3.86. The van der Waals surface area contributed by atoms with Crippen LogP contribution in [0.5, 0.6) is 11.5 Å². The molecular weight excluding hydrogens is 404 g/mol. The highest BCUT2D eigenvalue weighted by atomic mass is 16.5. The van der Waals surface area contributed by atoms with Crippen LogP contribution in [0.1, 0.15) is 43.0 Å². The fourth-order valence-electron chi connectivity index (χ4n) is 4.06. The highest BCUT2D eigenvalue weighted by Crippen LogP contribution is 2.33. The number of hydrogen-bond donors (Lipinski definition) is 1. The number of ether oxygens (including phenoxy) is 2. The Morgan fingerprint density at radius 2 is 1.84 bits per heavy atom. The summed E-state index contributed by atoms with van der Waals surface area (Å²) in [6.45, 7) is 0.368. The van der Waals surface area contributed by atoms with Gasteiger partial charge in [-0.1, -0.05) is 18.9 Å². The van der Waals surface area contributed by atoms with Crippen LogP contribution < -0.4 is 14.8 Å². The number of carbonyl (C=O) groups excluding carboxylic acids is 1. The van der Waals surface area contributed by atoms with Crippen LogP contribution in [0.2, 0.25) is 0 Å². The molecule has 0 aliphatic heterocycles. The third-order valence-corrected chi connectivity index (χ3v) is 5.71. The number of nitrogens with one attached hydrogen (secondary N) is 1. The zero-order valence-electron chi connectivity index (χ0n) is 18.5. The van der Waals surface area contributed by atoms with Crippen LogP contribution in [0.25, 0.3) is 17.3 Å². The van der Waals surface area contributed by atoms with E-state index in [9.17, 15) is 4.79 Å². The monoisotopic (exact) mass is 432 g/mol. The molecule has 2 heterocycles. The lowest BCUT2D eigenvalue weighted by molar-refractivity contribution is -0.116. The van der Waals surface area contributed by atoms with Gasteiger partial charge in [0.25, 0.3) is 0 Å². The minimum atomic E-state index is -0.180. The lowest BCUT2D eigenvalue weighted by Crippen LogP contribution is -2.20. The number of pyridine rings is 1. The average molecular weight is 433 g/mol. The summed E-state index contributed by atoms with van der Waals surface area (Å²) < 4.78 is 12.7. The summed E-state index contributed by atoms with van der Waals surface area (Å²) in [5.74, 6) is 1.09. The first-order valence-corrected chi connectivity index (χ1v) is 10.8. The molecule has 2 aromatic heterocycles. The Labute approximate surface area is 188 Å². The number of nitrogens with zero attached hydrogens (tertiary/aromatic N) is 3. The van der Waals surface area contributed by atoms with Gasteiger partial charge in [-0.15, -0.1) is 0 Å². The summed E-state index contributed by atoms with van der Waals surface area (Å²) in [7, 11) is 3.18. The van der Waals surface area contributed by atoms with Crippen LogP contribution in [-0.2, 0) is 11.3 Å². The fraction of sp³-hybridized carbons (Fsp3) is 0.320. The van der Waals surface area contributed by atoms with E-state index >= 15 is 0 Å². The van der Waals surface area contributed by atoms with Crippen LogP contribution in [-0.4, -0.2) is 34.9 Å². The van der Waals surface area contributed by atoms with Gasteiger partial charge in [0.05, 0.1) is 38.2 Å². The molecule has 1 saturated carbocycles. The molecule has 7 heteroatoms. The van der Waals surface area contributed by atoms with Crippen molar-refractivity contribution in [3.05, 3.63) is 66.1 Å². The molecule has 3 aromatic rings.